The Labute approximate surface area is 130 Å². The van der Waals surface area contributed by atoms with E-state index in [1.165, 1.54) is 5.56 Å². The molecule has 1 aromatic carbocycles. The van der Waals surface area contributed by atoms with Gasteiger partial charge in [0.2, 0.25) is 0 Å². The van der Waals surface area contributed by atoms with Crippen molar-refractivity contribution < 1.29 is 4.74 Å². The van der Waals surface area contributed by atoms with Crippen LogP contribution in [-0.4, -0.2) is 38.2 Å². The SMILES string of the molecule is CCCNC(CN(C)CC(C)C)c1ccc(OCC)cc1. The Bertz CT molecular complexity index is 375. The van der Waals surface area contributed by atoms with Gasteiger partial charge in [-0.3, -0.25) is 0 Å². The van der Waals surface area contributed by atoms with Crippen LogP contribution in [0.5, 0.6) is 5.75 Å². The van der Waals surface area contributed by atoms with Crippen LogP contribution >= 0.6 is 0 Å². The zero-order valence-electron chi connectivity index (χ0n) is 14.4. The Morgan fingerprint density at radius 1 is 1.10 bits per heavy atom. The molecule has 1 atom stereocenters. The molecule has 0 heterocycles. The second kappa shape index (κ2) is 9.80. The zero-order chi connectivity index (χ0) is 15.7. The van der Waals surface area contributed by atoms with E-state index in [0.717, 1.165) is 31.8 Å². The van der Waals surface area contributed by atoms with Gasteiger partial charge in [0.05, 0.1) is 6.61 Å². The maximum atomic E-state index is 5.52. The van der Waals surface area contributed by atoms with E-state index in [-0.39, 0.29) is 0 Å². The molecule has 1 unspecified atom stereocenters. The molecule has 1 N–H and O–H groups in total. The van der Waals surface area contributed by atoms with Crippen molar-refractivity contribution in [3.05, 3.63) is 29.8 Å². The molecule has 0 radical (unpaired) electrons. The van der Waals surface area contributed by atoms with Crippen LogP contribution in [0.4, 0.5) is 0 Å². The summed E-state index contributed by atoms with van der Waals surface area (Å²) in [5, 5.41) is 3.66. The first-order chi connectivity index (χ1) is 10.1. The van der Waals surface area contributed by atoms with Crippen LogP contribution in [0.2, 0.25) is 0 Å². The highest BCUT2D eigenvalue weighted by molar-refractivity contribution is 5.29. The van der Waals surface area contributed by atoms with Gasteiger partial charge in [-0.2, -0.15) is 0 Å². The molecule has 0 bridgehead atoms. The fourth-order valence-corrected chi connectivity index (χ4v) is 2.58. The molecule has 3 heteroatoms. The molecule has 1 rings (SSSR count). The lowest BCUT2D eigenvalue weighted by atomic mass is 10.1. The molecule has 0 fully saturated rings. The molecule has 120 valence electrons. The predicted molar refractivity (Wildman–Crippen MR) is 91.0 cm³/mol. The predicted octanol–water partition coefficient (Wildman–Crippen LogP) is 3.71. The van der Waals surface area contributed by atoms with Gasteiger partial charge >= 0.3 is 0 Å². The lowest BCUT2D eigenvalue weighted by molar-refractivity contribution is 0.262. The molecular formula is C18H32N2O. The van der Waals surface area contributed by atoms with Crippen molar-refractivity contribution >= 4 is 0 Å². The normalized spacial score (nSPS) is 12.9. The van der Waals surface area contributed by atoms with Gasteiger partial charge < -0.3 is 15.0 Å². The lowest BCUT2D eigenvalue weighted by Gasteiger charge is -2.26. The van der Waals surface area contributed by atoms with Crippen LogP contribution in [-0.2, 0) is 0 Å². The number of nitrogens with zero attached hydrogens (tertiary/aromatic N) is 1. The van der Waals surface area contributed by atoms with Gasteiger partial charge in [-0.25, -0.2) is 0 Å². The first-order valence-electron chi connectivity index (χ1n) is 8.21. The molecule has 0 aliphatic heterocycles. The molecule has 0 amide bonds. The third kappa shape index (κ3) is 6.96. The number of hydrogen-bond acceptors (Lipinski definition) is 3. The first kappa shape index (κ1) is 18.0. The molecule has 0 saturated heterocycles. The molecule has 1 aromatic rings. The average Bonchev–Trinajstić information content (AvgIpc) is 2.44. The largest absolute Gasteiger partial charge is 0.494 e. The topological polar surface area (TPSA) is 24.5 Å². The van der Waals surface area contributed by atoms with Crippen molar-refractivity contribution in [2.75, 3.05) is 33.3 Å². The summed E-state index contributed by atoms with van der Waals surface area (Å²) in [5.74, 6) is 1.65. The maximum absolute atomic E-state index is 5.52. The summed E-state index contributed by atoms with van der Waals surface area (Å²) < 4.78 is 5.52. The summed E-state index contributed by atoms with van der Waals surface area (Å²) in [7, 11) is 2.20. The van der Waals surface area contributed by atoms with Crippen molar-refractivity contribution in [3.63, 3.8) is 0 Å². The highest BCUT2D eigenvalue weighted by atomic mass is 16.5. The Balaban J connectivity index is 2.71. The third-order valence-corrected chi connectivity index (χ3v) is 3.41. The summed E-state index contributed by atoms with van der Waals surface area (Å²) >= 11 is 0. The van der Waals surface area contributed by atoms with E-state index in [9.17, 15) is 0 Å². The van der Waals surface area contributed by atoms with Gasteiger partial charge in [-0.1, -0.05) is 32.9 Å². The number of hydrogen-bond donors (Lipinski definition) is 1. The number of rotatable bonds is 10. The number of nitrogens with one attached hydrogen (secondary N) is 1. The van der Waals surface area contributed by atoms with Crippen LogP contribution < -0.4 is 10.1 Å². The highest BCUT2D eigenvalue weighted by Gasteiger charge is 2.14. The Morgan fingerprint density at radius 2 is 1.76 bits per heavy atom. The minimum atomic E-state index is 0.379. The maximum Gasteiger partial charge on any atom is 0.119 e. The van der Waals surface area contributed by atoms with E-state index in [4.69, 9.17) is 4.74 Å². The average molecular weight is 292 g/mol. The molecule has 0 saturated carbocycles. The Hall–Kier alpha value is -1.06. The van der Waals surface area contributed by atoms with Crippen LogP contribution in [0.25, 0.3) is 0 Å². The fraction of sp³-hybridized carbons (Fsp3) is 0.667. The van der Waals surface area contributed by atoms with Crippen molar-refractivity contribution in [1.29, 1.82) is 0 Å². The Morgan fingerprint density at radius 3 is 2.29 bits per heavy atom. The lowest BCUT2D eigenvalue weighted by Crippen LogP contribution is -2.35. The summed E-state index contributed by atoms with van der Waals surface area (Å²) in [6.45, 7) is 12.7. The summed E-state index contributed by atoms with van der Waals surface area (Å²) in [6.07, 6.45) is 1.15. The van der Waals surface area contributed by atoms with Crippen molar-refractivity contribution in [1.82, 2.24) is 10.2 Å². The van der Waals surface area contributed by atoms with Crippen LogP contribution in [0, 0.1) is 5.92 Å². The second-order valence-electron chi connectivity index (χ2n) is 6.12. The van der Waals surface area contributed by atoms with E-state index in [1.807, 2.05) is 6.92 Å². The zero-order valence-corrected chi connectivity index (χ0v) is 14.4. The number of ether oxygens (including phenoxy) is 1. The Kier molecular flexibility index (Phi) is 8.40. The van der Waals surface area contributed by atoms with Gasteiger partial charge in [-0.15, -0.1) is 0 Å². The number of likely N-dealkylation sites (N-methyl/N-ethyl adjacent to an activating group) is 1. The summed E-state index contributed by atoms with van der Waals surface area (Å²) in [5.41, 5.74) is 1.34. The molecule has 0 aliphatic rings. The molecule has 0 spiro atoms. The standard InChI is InChI=1S/C18H32N2O/c1-6-12-19-18(14-20(5)13-15(3)4)16-8-10-17(11-9-16)21-7-2/h8-11,15,18-19H,6-7,12-14H2,1-5H3. The quantitative estimate of drug-likeness (QED) is 0.711. The number of benzene rings is 1. The first-order valence-corrected chi connectivity index (χ1v) is 8.21. The van der Waals surface area contributed by atoms with E-state index >= 15 is 0 Å². The molecule has 0 aliphatic carbocycles. The molecular weight excluding hydrogens is 260 g/mol. The van der Waals surface area contributed by atoms with Gasteiger partial charge in [0, 0.05) is 19.1 Å². The van der Waals surface area contributed by atoms with Crippen molar-refractivity contribution in [2.24, 2.45) is 5.92 Å². The summed E-state index contributed by atoms with van der Waals surface area (Å²) in [4.78, 5) is 2.41. The van der Waals surface area contributed by atoms with Gasteiger partial charge in [0.15, 0.2) is 0 Å². The smallest absolute Gasteiger partial charge is 0.119 e. The summed E-state index contributed by atoms with van der Waals surface area (Å²) in [6, 6.07) is 8.89. The van der Waals surface area contributed by atoms with Crippen molar-refractivity contribution in [3.8, 4) is 5.75 Å². The van der Waals surface area contributed by atoms with Gasteiger partial charge in [-0.05, 0) is 50.6 Å². The monoisotopic (exact) mass is 292 g/mol. The third-order valence-electron chi connectivity index (χ3n) is 3.41. The van der Waals surface area contributed by atoms with Crippen LogP contribution in [0.3, 0.4) is 0 Å². The van der Waals surface area contributed by atoms with E-state index in [1.54, 1.807) is 0 Å². The van der Waals surface area contributed by atoms with Crippen molar-refractivity contribution in [2.45, 2.75) is 40.2 Å². The second-order valence-corrected chi connectivity index (χ2v) is 6.12. The molecule has 21 heavy (non-hydrogen) atoms. The fourth-order valence-electron chi connectivity index (χ4n) is 2.58. The molecule has 0 aromatic heterocycles. The van der Waals surface area contributed by atoms with E-state index < -0.39 is 0 Å². The van der Waals surface area contributed by atoms with Gasteiger partial charge in [0.25, 0.3) is 0 Å². The minimum Gasteiger partial charge on any atom is -0.494 e. The van der Waals surface area contributed by atoms with E-state index in [2.05, 4.69) is 62.3 Å². The van der Waals surface area contributed by atoms with E-state index in [0.29, 0.717) is 18.6 Å². The molecule has 3 nitrogen and oxygen atoms in total. The van der Waals surface area contributed by atoms with Crippen LogP contribution in [0.1, 0.15) is 45.7 Å². The van der Waals surface area contributed by atoms with Gasteiger partial charge in [0.1, 0.15) is 5.75 Å². The highest BCUT2D eigenvalue weighted by Crippen LogP contribution is 2.19. The minimum absolute atomic E-state index is 0.379. The van der Waals surface area contributed by atoms with Crippen LogP contribution in [0.15, 0.2) is 24.3 Å².